The zero-order chi connectivity index (χ0) is 17.2. The molecule has 1 atom stereocenters. The normalized spacial score (nSPS) is 18.3. The minimum Gasteiger partial charge on any atom is -0.479 e. The molecule has 24 heavy (non-hydrogen) atoms. The van der Waals surface area contributed by atoms with Crippen LogP contribution < -0.4 is 5.90 Å². The molecule has 1 heterocycles. The van der Waals surface area contributed by atoms with Gasteiger partial charge in [0.25, 0.3) is 0 Å². The topological polar surface area (TPSA) is 90.4 Å². The van der Waals surface area contributed by atoms with E-state index < -0.39 is 12.1 Å². The Bertz CT molecular complexity index is 506. The van der Waals surface area contributed by atoms with Gasteiger partial charge in [-0.05, 0) is 38.0 Å². The summed E-state index contributed by atoms with van der Waals surface area (Å²) in [5.41, 5.74) is 1.45. The van der Waals surface area contributed by atoms with E-state index in [9.17, 15) is 4.79 Å². The number of imidazole rings is 1. The molecule has 134 valence electrons. The van der Waals surface area contributed by atoms with Crippen LogP contribution in [0.5, 0.6) is 0 Å². The van der Waals surface area contributed by atoms with Crippen molar-refractivity contribution in [2.75, 3.05) is 0 Å². The summed E-state index contributed by atoms with van der Waals surface area (Å²) < 4.78 is 2.11. The molecule has 0 bridgehead atoms. The van der Waals surface area contributed by atoms with Crippen molar-refractivity contribution in [2.24, 2.45) is 11.8 Å². The number of unbranched alkanes of at least 4 members (excludes halogenated alkanes) is 1. The number of hydrogen-bond acceptors (Lipinski definition) is 4. The van der Waals surface area contributed by atoms with Crippen LogP contribution in [0.3, 0.4) is 0 Å². The first-order valence-electron chi connectivity index (χ1n) is 8.93. The summed E-state index contributed by atoms with van der Waals surface area (Å²) in [6, 6.07) is 0. The fraction of sp³-hybridized carbons (Fsp3) is 0.667. The molecule has 1 aliphatic rings. The van der Waals surface area contributed by atoms with Gasteiger partial charge in [-0.2, -0.15) is 0 Å². The molecule has 0 saturated heterocycles. The molecular weight excluding hydrogens is 306 g/mol. The van der Waals surface area contributed by atoms with Gasteiger partial charge in [0, 0.05) is 18.9 Å². The van der Waals surface area contributed by atoms with Crippen LogP contribution in [0.15, 0.2) is 30.4 Å². The van der Waals surface area contributed by atoms with Crippen molar-refractivity contribution in [3.05, 3.63) is 30.4 Å². The summed E-state index contributed by atoms with van der Waals surface area (Å²) in [5.74, 6) is 4.67. The lowest BCUT2D eigenvalue weighted by Gasteiger charge is -2.19. The first kappa shape index (κ1) is 18.7. The Balaban J connectivity index is 1.94. The summed E-state index contributed by atoms with van der Waals surface area (Å²) in [7, 11) is 0. The highest BCUT2D eigenvalue weighted by molar-refractivity contribution is 5.72. The molecule has 0 spiro atoms. The summed E-state index contributed by atoms with van der Waals surface area (Å²) in [4.78, 5) is 19.6. The van der Waals surface area contributed by atoms with E-state index in [2.05, 4.69) is 20.5 Å². The van der Waals surface area contributed by atoms with Crippen molar-refractivity contribution >= 4 is 5.97 Å². The van der Waals surface area contributed by atoms with Crippen molar-refractivity contribution in [3.8, 4) is 0 Å². The fourth-order valence-corrected chi connectivity index (χ4v) is 3.44. The van der Waals surface area contributed by atoms with E-state index in [0.29, 0.717) is 12.3 Å². The quantitative estimate of drug-likeness (QED) is 0.313. The summed E-state index contributed by atoms with van der Waals surface area (Å²) >= 11 is 0. The molecule has 2 rings (SSSR count). The Hall–Kier alpha value is -1.66. The highest BCUT2D eigenvalue weighted by Crippen LogP contribution is 2.30. The molecule has 1 aromatic heterocycles. The SMILES string of the molecule is NOC(CCCC=C(Cn1ccnc1)C1CCCCCC1)C(=O)O. The van der Waals surface area contributed by atoms with Crippen LogP contribution >= 0.6 is 0 Å². The smallest absolute Gasteiger partial charge is 0.334 e. The maximum atomic E-state index is 10.9. The number of aromatic nitrogens is 2. The molecule has 0 radical (unpaired) electrons. The maximum Gasteiger partial charge on any atom is 0.334 e. The van der Waals surface area contributed by atoms with Crippen molar-refractivity contribution in [1.29, 1.82) is 0 Å². The third kappa shape index (κ3) is 6.09. The van der Waals surface area contributed by atoms with Crippen LogP contribution in [-0.4, -0.2) is 26.7 Å². The number of carboxylic acids is 1. The zero-order valence-corrected chi connectivity index (χ0v) is 14.3. The van der Waals surface area contributed by atoms with Crippen LogP contribution in [0.1, 0.15) is 57.8 Å². The Kier molecular flexibility index (Phi) is 7.98. The second-order valence-corrected chi connectivity index (χ2v) is 6.60. The van der Waals surface area contributed by atoms with Crippen molar-refractivity contribution < 1.29 is 14.7 Å². The number of nitrogens with two attached hydrogens (primary N) is 1. The van der Waals surface area contributed by atoms with E-state index in [1.165, 1.54) is 44.1 Å². The highest BCUT2D eigenvalue weighted by Gasteiger charge is 2.18. The molecule has 6 nitrogen and oxygen atoms in total. The number of aliphatic carboxylic acids is 1. The third-order valence-electron chi connectivity index (χ3n) is 4.82. The van der Waals surface area contributed by atoms with E-state index in [0.717, 1.165) is 19.4 Å². The van der Waals surface area contributed by atoms with Gasteiger partial charge in [0.1, 0.15) is 0 Å². The van der Waals surface area contributed by atoms with Gasteiger partial charge in [0.15, 0.2) is 6.10 Å². The van der Waals surface area contributed by atoms with Crippen molar-refractivity contribution in [2.45, 2.75) is 70.4 Å². The van der Waals surface area contributed by atoms with Crippen molar-refractivity contribution in [3.63, 3.8) is 0 Å². The molecule has 0 amide bonds. The zero-order valence-electron chi connectivity index (χ0n) is 14.3. The minimum atomic E-state index is -0.996. The number of rotatable bonds is 9. The van der Waals surface area contributed by atoms with Crippen LogP contribution in [-0.2, 0) is 16.2 Å². The monoisotopic (exact) mass is 335 g/mol. The van der Waals surface area contributed by atoms with E-state index in [1.807, 2.05) is 12.5 Å². The molecule has 0 aromatic carbocycles. The number of allylic oxidation sites excluding steroid dienone is 2. The second-order valence-electron chi connectivity index (χ2n) is 6.60. The molecule has 6 heteroatoms. The number of nitrogens with zero attached hydrogens (tertiary/aromatic N) is 2. The summed E-state index contributed by atoms with van der Waals surface area (Å²) in [6.45, 7) is 0.875. The molecule has 0 aliphatic heterocycles. The third-order valence-corrected chi connectivity index (χ3v) is 4.82. The maximum absolute atomic E-state index is 10.9. The van der Waals surface area contributed by atoms with E-state index in [4.69, 9.17) is 11.0 Å². The van der Waals surface area contributed by atoms with Gasteiger partial charge in [-0.25, -0.2) is 15.7 Å². The molecule has 1 unspecified atom stereocenters. The number of hydrogen-bond donors (Lipinski definition) is 2. The predicted octanol–water partition coefficient (Wildman–Crippen LogP) is 3.29. The van der Waals surface area contributed by atoms with Gasteiger partial charge in [-0.15, -0.1) is 0 Å². The lowest BCUT2D eigenvalue weighted by molar-refractivity contribution is -0.151. The van der Waals surface area contributed by atoms with Gasteiger partial charge in [0.2, 0.25) is 0 Å². The highest BCUT2D eigenvalue weighted by atomic mass is 16.6. The Morgan fingerprint density at radius 2 is 2.12 bits per heavy atom. The van der Waals surface area contributed by atoms with Crippen LogP contribution in [0.4, 0.5) is 0 Å². The number of carboxylic acid groups (broad SMARTS) is 1. The van der Waals surface area contributed by atoms with Gasteiger partial charge in [0.05, 0.1) is 6.33 Å². The van der Waals surface area contributed by atoms with Crippen LogP contribution in [0.2, 0.25) is 0 Å². The van der Waals surface area contributed by atoms with E-state index >= 15 is 0 Å². The number of carbonyl (C=O) groups is 1. The van der Waals surface area contributed by atoms with Gasteiger partial charge in [-0.1, -0.05) is 37.3 Å². The first-order chi connectivity index (χ1) is 11.7. The van der Waals surface area contributed by atoms with E-state index in [-0.39, 0.29) is 0 Å². The fourth-order valence-electron chi connectivity index (χ4n) is 3.44. The van der Waals surface area contributed by atoms with E-state index in [1.54, 1.807) is 6.20 Å². The van der Waals surface area contributed by atoms with Gasteiger partial charge >= 0.3 is 5.97 Å². The lowest BCUT2D eigenvalue weighted by atomic mass is 9.90. The second kappa shape index (κ2) is 10.3. The average molecular weight is 335 g/mol. The minimum absolute atomic E-state index is 0.436. The van der Waals surface area contributed by atoms with Gasteiger partial charge in [-0.3, -0.25) is 4.84 Å². The van der Waals surface area contributed by atoms with Crippen LogP contribution in [0, 0.1) is 5.92 Å². The first-order valence-corrected chi connectivity index (χ1v) is 8.93. The molecule has 1 saturated carbocycles. The molecule has 3 N–H and O–H groups in total. The Morgan fingerprint density at radius 3 is 2.71 bits per heavy atom. The molecule has 1 aliphatic carbocycles. The Morgan fingerprint density at radius 1 is 1.38 bits per heavy atom. The van der Waals surface area contributed by atoms with Crippen LogP contribution in [0.25, 0.3) is 0 Å². The summed E-state index contributed by atoms with van der Waals surface area (Å²) in [5, 5.41) is 8.96. The van der Waals surface area contributed by atoms with Crippen molar-refractivity contribution in [1.82, 2.24) is 9.55 Å². The average Bonchev–Trinajstić information content (AvgIpc) is 2.93. The summed E-state index contributed by atoms with van der Waals surface area (Å²) in [6.07, 6.45) is 16.9. The largest absolute Gasteiger partial charge is 0.479 e. The molecule has 1 aromatic rings. The predicted molar refractivity (Wildman–Crippen MR) is 92.0 cm³/mol. The standard InChI is InChI=1S/C18H29N3O3/c19-24-17(18(22)23)10-6-5-9-16(13-21-12-11-20-14-21)15-7-3-1-2-4-8-15/h9,11-12,14-15,17H,1-8,10,13,19H2,(H,22,23). The molecular formula is C18H29N3O3. The lowest BCUT2D eigenvalue weighted by Crippen LogP contribution is -2.26. The van der Waals surface area contributed by atoms with Gasteiger partial charge < -0.3 is 9.67 Å². The molecule has 1 fully saturated rings. The Labute approximate surface area is 143 Å².